The van der Waals surface area contributed by atoms with Crippen LogP contribution in [-0.2, 0) is 19.5 Å². The van der Waals surface area contributed by atoms with E-state index in [1.165, 1.54) is 12.1 Å². The van der Waals surface area contributed by atoms with Crippen LogP contribution in [0.2, 0.25) is 5.02 Å². The van der Waals surface area contributed by atoms with Crippen LogP contribution in [0.5, 0.6) is 5.75 Å². The highest BCUT2D eigenvalue weighted by Gasteiger charge is 2.23. The van der Waals surface area contributed by atoms with Gasteiger partial charge in [-0.1, -0.05) is 25.4 Å². The molecule has 1 aliphatic heterocycles. The molecule has 2 N–H and O–H groups in total. The Morgan fingerprint density at radius 3 is 2.90 bits per heavy atom. The normalized spacial score (nSPS) is 16.7. The predicted octanol–water partition coefficient (Wildman–Crippen LogP) is 3.73. The molecule has 1 aromatic carbocycles. The molecular weight excluding hydrogens is 414 g/mol. The van der Waals surface area contributed by atoms with Gasteiger partial charge in [-0.3, -0.25) is 0 Å². The summed E-state index contributed by atoms with van der Waals surface area (Å²) >= 11 is 6.02. The molecule has 0 radical (unpaired) electrons. The van der Waals surface area contributed by atoms with Crippen LogP contribution in [0.15, 0.2) is 23.2 Å². The Bertz CT molecular complexity index is 886. The van der Waals surface area contributed by atoms with Crippen LogP contribution in [0.3, 0.4) is 0 Å². The number of nitrogens with one attached hydrogen (secondary N) is 2. The van der Waals surface area contributed by atoms with Gasteiger partial charge in [-0.05, 0) is 31.5 Å². The van der Waals surface area contributed by atoms with Crippen LogP contribution in [0, 0.1) is 0 Å². The molecule has 164 valence electrons. The first-order chi connectivity index (χ1) is 14.4. The molecule has 10 heteroatoms. The van der Waals surface area contributed by atoms with Gasteiger partial charge in [0.15, 0.2) is 11.8 Å². The van der Waals surface area contributed by atoms with E-state index in [1.54, 1.807) is 6.07 Å². The molecule has 1 unspecified atom stereocenters. The molecule has 7 nitrogen and oxygen atoms in total. The summed E-state index contributed by atoms with van der Waals surface area (Å²) in [6.45, 7) is 4.72. The van der Waals surface area contributed by atoms with E-state index in [0.717, 1.165) is 24.5 Å². The van der Waals surface area contributed by atoms with Gasteiger partial charge in [-0.25, -0.2) is 14.7 Å². The van der Waals surface area contributed by atoms with Crippen molar-refractivity contribution < 1.29 is 13.5 Å². The number of nitrogens with zero attached hydrogens (tertiary/aromatic N) is 4. The minimum absolute atomic E-state index is 0.0696. The van der Waals surface area contributed by atoms with Crippen molar-refractivity contribution in [1.29, 1.82) is 0 Å². The molecule has 0 saturated heterocycles. The lowest BCUT2D eigenvalue weighted by Crippen LogP contribution is -2.47. The number of alkyl halides is 2. The number of aryl methyl sites for hydroxylation is 1. The second-order valence-corrected chi connectivity index (χ2v) is 7.87. The lowest BCUT2D eigenvalue weighted by molar-refractivity contribution is -0.0504. The number of aromatic nitrogens is 3. The second-order valence-electron chi connectivity index (χ2n) is 7.43. The van der Waals surface area contributed by atoms with Gasteiger partial charge in [0.25, 0.3) is 0 Å². The van der Waals surface area contributed by atoms with Gasteiger partial charge in [-0.2, -0.15) is 13.9 Å². The Labute approximate surface area is 179 Å². The molecule has 0 aliphatic carbocycles. The largest absolute Gasteiger partial charge is 0.434 e. The minimum atomic E-state index is -2.91. The standard InChI is InChI=1S/C20H27ClF2N6O/c1-4-24-20(25-10-13-9-14(21)5-7-16(13)30-19(22)23)26-15-6-8-17-27-18(12(2)3)28-29(17)11-15/h5,7,9,12,15,19H,4,6,8,10-11H2,1-3H3,(H2,24,25,26). The summed E-state index contributed by atoms with van der Waals surface area (Å²) in [5.74, 6) is 2.82. The lowest BCUT2D eigenvalue weighted by Gasteiger charge is -2.25. The monoisotopic (exact) mass is 440 g/mol. The molecule has 2 heterocycles. The maximum atomic E-state index is 12.7. The summed E-state index contributed by atoms with van der Waals surface area (Å²) in [4.78, 5) is 9.15. The Hall–Kier alpha value is -2.42. The number of aliphatic imine (C=N–C) groups is 1. The van der Waals surface area contributed by atoms with Gasteiger partial charge < -0.3 is 15.4 Å². The van der Waals surface area contributed by atoms with Crippen LogP contribution in [0.25, 0.3) is 0 Å². The number of ether oxygens (including phenoxy) is 1. The van der Waals surface area contributed by atoms with Gasteiger partial charge in [0, 0.05) is 35.5 Å². The molecule has 1 aliphatic rings. The zero-order valence-electron chi connectivity index (χ0n) is 17.3. The predicted molar refractivity (Wildman–Crippen MR) is 112 cm³/mol. The lowest BCUT2D eigenvalue weighted by atomic mass is 10.1. The summed E-state index contributed by atoms with van der Waals surface area (Å²) in [5, 5.41) is 11.6. The van der Waals surface area contributed by atoms with Gasteiger partial charge >= 0.3 is 6.61 Å². The Balaban J connectivity index is 1.70. The maximum absolute atomic E-state index is 12.7. The number of fused-ring (bicyclic) bond motifs is 1. The summed E-state index contributed by atoms with van der Waals surface area (Å²) < 4.78 is 31.9. The highest BCUT2D eigenvalue weighted by atomic mass is 35.5. The number of rotatable bonds is 7. The number of benzene rings is 1. The molecule has 0 amide bonds. The van der Waals surface area contributed by atoms with Gasteiger partial charge in [0.2, 0.25) is 0 Å². The van der Waals surface area contributed by atoms with Crippen molar-refractivity contribution in [2.45, 2.75) is 65.3 Å². The third-order valence-corrected chi connectivity index (χ3v) is 4.96. The highest BCUT2D eigenvalue weighted by Crippen LogP contribution is 2.25. The molecule has 0 spiro atoms. The van der Waals surface area contributed by atoms with E-state index < -0.39 is 6.61 Å². The van der Waals surface area contributed by atoms with Crippen LogP contribution >= 0.6 is 11.6 Å². The molecule has 0 saturated carbocycles. The first-order valence-electron chi connectivity index (χ1n) is 10.1. The molecule has 3 rings (SSSR count). The first-order valence-corrected chi connectivity index (χ1v) is 10.4. The van der Waals surface area contributed by atoms with Crippen molar-refractivity contribution in [3.8, 4) is 5.75 Å². The summed E-state index contributed by atoms with van der Waals surface area (Å²) in [6, 6.07) is 4.66. The third kappa shape index (κ3) is 5.81. The van der Waals surface area contributed by atoms with E-state index in [9.17, 15) is 8.78 Å². The zero-order valence-corrected chi connectivity index (χ0v) is 18.1. The maximum Gasteiger partial charge on any atom is 0.387 e. The molecule has 0 bridgehead atoms. The van der Waals surface area contributed by atoms with Crippen LogP contribution in [0.1, 0.15) is 50.3 Å². The number of hydrogen-bond acceptors (Lipinski definition) is 4. The summed E-state index contributed by atoms with van der Waals surface area (Å²) in [7, 11) is 0. The fourth-order valence-electron chi connectivity index (χ4n) is 3.25. The van der Waals surface area contributed by atoms with E-state index in [1.807, 2.05) is 11.6 Å². The third-order valence-electron chi connectivity index (χ3n) is 4.72. The Kier molecular flexibility index (Phi) is 7.47. The van der Waals surface area contributed by atoms with E-state index in [0.29, 0.717) is 29.6 Å². The molecule has 2 aromatic rings. The van der Waals surface area contributed by atoms with Crippen molar-refractivity contribution in [2.24, 2.45) is 4.99 Å². The van der Waals surface area contributed by atoms with Crippen LogP contribution in [0.4, 0.5) is 8.78 Å². The number of hydrogen-bond donors (Lipinski definition) is 2. The van der Waals surface area contributed by atoms with E-state index in [2.05, 4.69) is 44.3 Å². The number of halogens is 3. The summed E-state index contributed by atoms with van der Waals surface area (Å²) in [6.07, 6.45) is 1.73. The van der Waals surface area contributed by atoms with Gasteiger partial charge in [0.05, 0.1) is 13.1 Å². The van der Waals surface area contributed by atoms with Gasteiger partial charge in [-0.15, -0.1) is 0 Å². The smallest absolute Gasteiger partial charge is 0.387 e. The van der Waals surface area contributed by atoms with E-state index >= 15 is 0 Å². The van der Waals surface area contributed by atoms with Crippen molar-refractivity contribution in [3.63, 3.8) is 0 Å². The van der Waals surface area contributed by atoms with Gasteiger partial charge in [0.1, 0.15) is 11.6 Å². The average Bonchev–Trinajstić information content (AvgIpc) is 3.11. The quantitative estimate of drug-likeness (QED) is 0.507. The fraction of sp³-hybridized carbons (Fsp3) is 0.550. The molecule has 30 heavy (non-hydrogen) atoms. The average molecular weight is 441 g/mol. The topological polar surface area (TPSA) is 76.4 Å². The van der Waals surface area contributed by atoms with Crippen LogP contribution in [-0.4, -0.2) is 39.9 Å². The van der Waals surface area contributed by atoms with E-state index in [4.69, 9.17) is 11.6 Å². The van der Waals surface area contributed by atoms with Crippen molar-refractivity contribution in [1.82, 2.24) is 25.4 Å². The van der Waals surface area contributed by atoms with Crippen molar-refractivity contribution in [2.75, 3.05) is 6.54 Å². The minimum Gasteiger partial charge on any atom is -0.434 e. The van der Waals surface area contributed by atoms with Crippen molar-refractivity contribution >= 4 is 17.6 Å². The first kappa shape index (κ1) is 22.3. The molecule has 1 aromatic heterocycles. The SMILES string of the molecule is CCNC(=NCc1cc(Cl)ccc1OC(F)F)NC1CCc2nc(C(C)C)nn2C1. The Morgan fingerprint density at radius 2 is 2.20 bits per heavy atom. The summed E-state index contributed by atoms with van der Waals surface area (Å²) in [5.41, 5.74) is 0.490. The Morgan fingerprint density at radius 1 is 1.40 bits per heavy atom. The van der Waals surface area contributed by atoms with Crippen LogP contribution < -0.4 is 15.4 Å². The second kappa shape index (κ2) is 10.1. The fourth-order valence-corrected chi connectivity index (χ4v) is 3.45. The molecule has 1 atom stereocenters. The molecule has 0 fully saturated rings. The van der Waals surface area contributed by atoms with E-state index in [-0.39, 0.29) is 24.3 Å². The molecular formula is C20H27ClF2N6O. The highest BCUT2D eigenvalue weighted by molar-refractivity contribution is 6.30. The number of guanidine groups is 1. The van der Waals surface area contributed by atoms with Crippen molar-refractivity contribution in [3.05, 3.63) is 40.4 Å². The zero-order chi connectivity index (χ0) is 21.7.